The van der Waals surface area contributed by atoms with Gasteiger partial charge in [0.15, 0.2) is 23.5 Å². The number of ether oxygens (including phenoxy) is 2. The van der Waals surface area contributed by atoms with Gasteiger partial charge >= 0.3 is 17.9 Å². The quantitative estimate of drug-likeness (QED) is 0.189. The zero-order valence-corrected chi connectivity index (χ0v) is 16.1. The molecule has 174 valence electrons. The van der Waals surface area contributed by atoms with Crippen LogP contribution in [0.4, 0.5) is 5.95 Å². The Morgan fingerprint density at radius 2 is 1.97 bits per heavy atom. The van der Waals surface area contributed by atoms with E-state index in [1.807, 2.05) is 0 Å². The van der Waals surface area contributed by atoms with Crippen molar-refractivity contribution in [2.24, 2.45) is 5.92 Å². The van der Waals surface area contributed by atoms with Crippen LogP contribution in [0.2, 0.25) is 0 Å². The first kappa shape index (κ1) is 23.1. The van der Waals surface area contributed by atoms with Gasteiger partial charge in [0.2, 0.25) is 5.95 Å². The second-order valence-corrected chi connectivity index (χ2v) is 6.94. The Balaban J connectivity index is 1.71. The molecule has 8 N–H and O–H groups in total. The number of aromatic amines is 1. The van der Waals surface area contributed by atoms with E-state index < -0.39 is 73.1 Å². The summed E-state index contributed by atoms with van der Waals surface area (Å²) in [6.07, 6.45) is -8.02. The number of rotatable bonds is 8. The molecule has 6 atom stereocenters. The third-order valence-corrected chi connectivity index (χ3v) is 4.79. The predicted octanol–water partition coefficient (Wildman–Crippen LogP) is -3.60. The predicted molar refractivity (Wildman–Crippen MR) is 98.8 cm³/mol. The Morgan fingerprint density at radius 3 is 2.59 bits per heavy atom. The zero-order valence-electron chi connectivity index (χ0n) is 16.1. The van der Waals surface area contributed by atoms with E-state index in [4.69, 9.17) is 25.4 Å². The Labute approximate surface area is 176 Å². The summed E-state index contributed by atoms with van der Waals surface area (Å²) in [7, 11) is 0. The first-order valence-corrected chi connectivity index (χ1v) is 9.04. The number of nitrogen functional groups attached to an aromatic ring is 1. The van der Waals surface area contributed by atoms with Gasteiger partial charge in [0.25, 0.3) is 5.56 Å². The van der Waals surface area contributed by atoms with Crippen LogP contribution in [0.3, 0.4) is 0 Å². The molecule has 3 heterocycles. The Hall–Kier alpha value is -3.60. The van der Waals surface area contributed by atoms with E-state index in [0.717, 1.165) is 10.9 Å². The topological polar surface area (TPSA) is 260 Å². The van der Waals surface area contributed by atoms with Crippen molar-refractivity contribution < 1.29 is 49.4 Å². The first-order valence-electron chi connectivity index (χ1n) is 9.04. The summed E-state index contributed by atoms with van der Waals surface area (Å²) in [5.41, 5.74) is 4.70. The summed E-state index contributed by atoms with van der Waals surface area (Å²) in [6, 6.07) is 0. The highest BCUT2D eigenvalue weighted by Gasteiger charge is 2.45. The lowest BCUT2D eigenvalue weighted by atomic mass is 9.99. The fraction of sp³-hybridized carbons (Fsp3) is 0.500. The van der Waals surface area contributed by atoms with Gasteiger partial charge in [0.05, 0.1) is 12.7 Å². The summed E-state index contributed by atoms with van der Waals surface area (Å²) < 4.78 is 11.4. The molecule has 0 saturated carbocycles. The number of aromatic nitrogens is 4. The van der Waals surface area contributed by atoms with E-state index >= 15 is 0 Å². The van der Waals surface area contributed by atoms with E-state index in [1.54, 1.807) is 0 Å². The van der Waals surface area contributed by atoms with E-state index in [-0.39, 0.29) is 17.1 Å². The van der Waals surface area contributed by atoms with Crippen LogP contribution in [0.5, 0.6) is 0 Å². The number of nitrogens with zero attached hydrogens (tertiary/aromatic N) is 3. The van der Waals surface area contributed by atoms with Crippen LogP contribution >= 0.6 is 0 Å². The number of hydrogen-bond acceptors (Lipinski definition) is 12. The van der Waals surface area contributed by atoms with Gasteiger partial charge in [-0.05, 0) is 0 Å². The molecule has 3 rings (SSSR count). The molecule has 1 aliphatic heterocycles. The lowest BCUT2D eigenvalue weighted by Crippen LogP contribution is -2.40. The number of carbonyl (C=O) groups excluding carboxylic acids is 1. The van der Waals surface area contributed by atoms with Crippen LogP contribution in [0, 0.1) is 5.92 Å². The Morgan fingerprint density at radius 1 is 1.28 bits per heavy atom. The van der Waals surface area contributed by atoms with Crippen molar-refractivity contribution in [1.29, 1.82) is 0 Å². The van der Waals surface area contributed by atoms with Crippen LogP contribution in [-0.4, -0.2) is 94.0 Å². The number of aliphatic hydroxyl groups is 3. The van der Waals surface area contributed by atoms with Gasteiger partial charge in [0.1, 0.15) is 30.8 Å². The molecular formula is C16H19N5O11. The van der Waals surface area contributed by atoms with Crippen LogP contribution < -0.4 is 11.3 Å². The summed E-state index contributed by atoms with van der Waals surface area (Å²) in [5, 5.41) is 48.1. The van der Waals surface area contributed by atoms with E-state index in [0.29, 0.717) is 0 Å². The first-order chi connectivity index (χ1) is 15.0. The van der Waals surface area contributed by atoms with Crippen molar-refractivity contribution >= 4 is 35.0 Å². The van der Waals surface area contributed by atoms with Crippen LogP contribution in [0.1, 0.15) is 12.6 Å². The summed E-state index contributed by atoms with van der Waals surface area (Å²) in [6.45, 7) is -0.715. The molecular weight excluding hydrogens is 438 g/mol. The fourth-order valence-electron chi connectivity index (χ4n) is 3.16. The highest BCUT2D eigenvalue weighted by atomic mass is 16.6. The number of imidazole rings is 1. The number of carboxylic acids is 2. The number of aliphatic carboxylic acids is 2. The van der Waals surface area contributed by atoms with E-state index in [2.05, 4.69) is 15.0 Å². The van der Waals surface area contributed by atoms with Crippen LogP contribution in [-0.2, 0) is 23.9 Å². The van der Waals surface area contributed by atoms with Gasteiger partial charge in [-0.25, -0.2) is 9.78 Å². The van der Waals surface area contributed by atoms with Gasteiger partial charge in [0, 0.05) is 0 Å². The molecule has 16 heteroatoms. The van der Waals surface area contributed by atoms with Crippen molar-refractivity contribution in [3.05, 3.63) is 16.7 Å². The maximum absolute atomic E-state index is 12.0. The molecule has 1 saturated heterocycles. The van der Waals surface area contributed by atoms with E-state index in [9.17, 15) is 34.5 Å². The summed E-state index contributed by atoms with van der Waals surface area (Å²) >= 11 is 0. The molecule has 0 aromatic carbocycles. The van der Waals surface area contributed by atoms with Crippen LogP contribution in [0.15, 0.2) is 11.1 Å². The molecule has 2 aromatic rings. The van der Waals surface area contributed by atoms with Crippen LogP contribution in [0.25, 0.3) is 11.2 Å². The smallest absolute Gasteiger partial charge is 0.335 e. The molecule has 0 bridgehead atoms. The van der Waals surface area contributed by atoms with Gasteiger partial charge in [-0.2, -0.15) is 4.98 Å². The Bertz CT molecular complexity index is 1100. The normalized spacial score (nSPS) is 24.8. The molecule has 0 radical (unpaired) electrons. The number of H-pyrrole nitrogens is 1. The third kappa shape index (κ3) is 4.37. The van der Waals surface area contributed by atoms with Gasteiger partial charge in [-0.15, -0.1) is 0 Å². The maximum Gasteiger partial charge on any atom is 0.335 e. The monoisotopic (exact) mass is 457 g/mol. The SMILES string of the molecule is Nc1nc2c(ncn2[C@@H]2O[C@H](COC(=O)C(O)C(CC(=O)O)C(=O)O)[C@@H](O)[C@H]2O)c(=O)[nH]1. The molecule has 32 heavy (non-hydrogen) atoms. The molecule has 0 amide bonds. The highest BCUT2D eigenvalue weighted by Crippen LogP contribution is 2.31. The molecule has 0 aliphatic carbocycles. The fourth-order valence-corrected chi connectivity index (χ4v) is 3.16. The minimum absolute atomic E-state index is 0.0477. The number of anilines is 1. The van der Waals surface area contributed by atoms with Crippen molar-refractivity contribution in [3.8, 4) is 0 Å². The highest BCUT2D eigenvalue weighted by molar-refractivity contribution is 5.85. The number of hydrogen-bond donors (Lipinski definition) is 7. The molecule has 2 aromatic heterocycles. The second kappa shape index (κ2) is 8.87. The number of aliphatic hydroxyl groups excluding tert-OH is 3. The molecule has 0 spiro atoms. The van der Waals surface area contributed by atoms with Gasteiger partial charge < -0.3 is 40.7 Å². The van der Waals surface area contributed by atoms with Gasteiger partial charge in [-0.3, -0.25) is 23.9 Å². The lowest BCUT2D eigenvalue weighted by molar-refractivity contribution is -0.169. The largest absolute Gasteiger partial charge is 0.481 e. The minimum atomic E-state index is -2.29. The number of nitrogens with two attached hydrogens (primary N) is 1. The minimum Gasteiger partial charge on any atom is -0.481 e. The Kier molecular flexibility index (Phi) is 6.40. The lowest BCUT2D eigenvalue weighted by Gasteiger charge is -2.19. The number of esters is 1. The van der Waals surface area contributed by atoms with Crippen molar-refractivity contribution in [3.63, 3.8) is 0 Å². The third-order valence-electron chi connectivity index (χ3n) is 4.79. The zero-order chi connectivity index (χ0) is 23.7. The average molecular weight is 457 g/mol. The summed E-state index contributed by atoms with van der Waals surface area (Å²) in [4.78, 5) is 55.7. The number of fused-ring (bicyclic) bond motifs is 1. The van der Waals surface area contributed by atoms with Crippen molar-refractivity contribution in [2.75, 3.05) is 12.3 Å². The number of carboxylic acid groups (broad SMARTS) is 2. The molecule has 2 unspecified atom stereocenters. The number of carbonyl (C=O) groups is 3. The molecule has 1 fully saturated rings. The molecule has 1 aliphatic rings. The van der Waals surface area contributed by atoms with Gasteiger partial charge in [-0.1, -0.05) is 0 Å². The second-order valence-electron chi connectivity index (χ2n) is 6.94. The average Bonchev–Trinajstić information content (AvgIpc) is 3.25. The molecule has 16 nitrogen and oxygen atoms in total. The maximum atomic E-state index is 12.0. The van der Waals surface area contributed by atoms with Crippen molar-refractivity contribution in [2.45, 2.75) is 37.1 Å². The van der Waals surface area contributed by atoms with E-state index in [1.165, 1.54) is 0 Å². The number of nitrogens with one attached hydrogen (secondary N) is 1. The summed E-state index contributed by atoms with van der Waals surface area (Å²) in [5.74, 6) is -6.92. The van der Waals surface area contributed by atoms with Crippen molar-refractivity contribution in [1.82, 2.24) is 19.5 Å². The standard InChI is InChI=1S/C16H19N5O11/c17-16-19-11-7(12(27)20-16)18-3-21(11)13-10(26)9(25)5(32-13)2-31-15(30)8(24)4(14(28)29)1-6(22)23/h3-5,8-10,13,24-26H,1-2H2,(H,22,23)(H,28,29)(H3,17,19,20,27)/t4?,5-,8?,9-,10-,13-/m1/s1.